The average molecular weight is 481 g/mol. The maximum Gasteiger partial charge on any atom is 0.218 e. The van der Waals surface area contributed by atoms with E-state index >= 15 is 0 Å². The van der Waals surface area contributed by atoms with E-state index in [1.165, 1.54) is 34.7 Å². The first-order chi connectivity index (χ1) is 16.2. The smallest absolute Gasteiger partial charge is 0.218 e. The normalized spacial score (nSPS) is 25.5. The van der Waals surface area contributed by atoms with Crippen molar-refractivity contribution in [2.45, 2.75) is 83.5 Å². The van der Waals surface area contributed by atoms with Gasteiger partial charge in [-0.25, -0.2) is 9.67 Å². The fraction of sp³-hybridized carbons (Fsp3) is 0.593. The fourth-order valence-electron chi connectivity index (χ4n) is 6.41. The minimum absolute atomic E-state index is 0.0162. The van der Waals surface area contributed by atoms with Crippen LogP contribution in [0.4, 0.5) is 0 Å². The average Bonchev–Trinajstić information content (AvgIpc) is 3.23. The van der Waals surface area contributed by atoms with Crippen molar-refractivity contribution >= 4 is 22.7 Å². The third-order valence-corrected chi connectivity index (χ3v) is 8.37. The van der Waals surface area contributed by atoms with Crippen LogP contribution in [0.2, 0.25) is 0 Å². The van der Waals surface area contributed by atoms with Gasteiger partial charge in [0.1, 0.15) is 0 Å². The molecule has 34 heavy (non-hydrogen) atoms. The Morgan fingerprint density at radius 2 is 1.94 bits per heavy atom. The number of thioether (sulfide) groups is 1. The molecule has 6 nitrogen and oxygen atoms in total. The number of rotatable bonds is 3. The Hall–Kier alpha value is -2.12. The van der Waals surface area contributed by atoms with Crippen molar-refractivity contribution in [2.24, 2.45) is 11.3 Å². The second-order valence-corrected chi connectivity index (χ2v) is 11.8. The van der Waals surface area contributed by atoms with Crippen LogP contribution >= 0.6 is 11.8 Å². The maximum atomic E-state index is 11.0. The molecule has 0 amide bonds. The molecule has 7 heteroatoms. The molecule has 3 aromatic rings. The van der Waals surface area contributed by atoms with E-state index in [4.69, 9.17) is 14.8 Å². The lowest BCUT2D eigenvalue weighted by molar-refractivity contribution is -0.0366. The molecular formula is C27H36N4O2S. The number of aromatic nitrogens is 4. The van der Waals surface area contributed by atoms with E-state index in [0.29, 0.717) is 11.1 Å². The molecule has 182 valence electrons. The molecule has 3 heterocycles. The van der Waals surface area contributed by atoms with E-state index in [-0.39, 0.29) is 29.4 Å². The third-order valence-electron chi connectivity index (χ3n) is 7.82. The van der Waals surface area contributed by atoms with Crippen molar-refractivity contribution in [3.63, 3.8) is 0 Å². The summed E-state index contributed by atoms with van der Waals surface area (Å²) < 4.78 is 8.15. The van der Waals surface area contributed by atoms with Gasteiger partial charge in [-0.3, -0.25) is 0 Å². The van der Waals surface area contributed by atoms with Gasteiger partial charge in [-0.05, 0) is 79.2 Å². The minimum Gasteiger partial charge on any atom is -0.493 e. The van der Waals surface area contributed by atoms with E-state index in [0.717, 1.165) is 42.6 Å². The Morgan fingerprint density at radius 1 is 1.15 bits per heavy atom. The zero-order valence-electron chi connectivity index (χ0n) is 21.1. The summed E-state index contributed by atoms with van der Waals surface area (Å²) in [5.41, 5.74) is 5.66. The van der Waals surface area contributed by atoms with E-state index in [2.05, 4.69) is 56.4 Å². The van der Waals surface area contributed by atoms with Crippen LogP contribution in [0.1, 0.15) is 87.4 Å². The van der Waals surface area contributed by atoms with E-state index in [9.17, 15) is 5.11 Å². The van der Waals surface area contributed by atoms with Gasteiger partial charge in [0.05, 0.1) is 17.4 Å². The van der Waals surface area contributed by atoms with E-state index < -0.39 is 0 Å². The summed E-state index contributed by atoms with van der Waals surface area (Å²) in [4.78, 5) is 9.31. The lowest BCUT2D eigenvalue weighted by Gasteiger charge is -2.44. The fourth-order valence-corrected chi connectivity index (χ4v) is 6.79. The van der Waals surface area contributed by atoms with Crippen LogP contribution in [0.15, 0.2) is 23.5 Å². The molecule has 1 fully saturated rings. The number of nitrogens with zero attached hydrogens (tertiary/aromatic N) is 4. The molecule has 0 bridgehead atoms. The van der Waals surface area contributed by atoms with Crippen molar-refractivity contribution in [3.05, 3.63) is 40.7 Å². The lowest BCUT2D eigenvalue weighted by atomic mass is 9.60. The third kappa shape index (κ3) is 3.91. The summed E-state index contributed by atoms with van der Waals surface area (Å²) in [7, 11) is 0. The molecule has 0 saturated carbocycles. The summed E-state index contributed by atoms with van der Waals surface area (Å²) in [6, 6.07) is 4.43. The van der Waals surface area contributed by atoms with Gasteiger partial charge in [0, 0.05) is 17.6 Å². The van der Waals surface area contributed by atoms with E-state index in [1.54, 1.807) is 0 Å². The number of benzene rings is 1. The summed E-state index contributed by atoms with van der Waals surface area (Å²) >= 11 is 1.48. The van der Waals surface area contributed by atoms with Crippen LogP contribution in [0.5, 0.6) is 5.88 Å². The van der Waals surface area contributed by atoms with Gasteiger partial charge in [-0.2, -0.15) is 10.1 Å². The molecule has 1 saturated heterocycles. The van der Waals surface area contributed by atoms with Crippen LogP contribution < -0.4 is 0 Å². The Bertz CT molecular complexity index is 1210. The van der Waals surface area contributed by atoms with Crippen molar-refractivity contribution < 1.29 is 9.84 Å². The quantitative estimate of drug-likeness (QED) is 0.347. The lowest BCUT2D eigenvalue weighted by Crippen LogP contribution is -2.35. The summed E-state index contributed by atoms with van der Waals surface area (Å²) in [6.45, 7) is 12.1. The first kappa shape index (κ1) is 23.6. The van der Waals surface area contributed by atoms with Gasteiger partial charge in [0.15, 0.2) is 11.4 Å². The van der Waals surface area contributed by atoms with Gasteiger partial charge < -0.3 is 9.84 Å². The number of aromatic hydroxyl groups is 1. The van der Waals surface area contributed by atoms with Gasteiger partial charge in [-0.1, -0.05) is 45.5 Å². The highest BCUT2D eigenvalue weighted by Gasteiger charge is 2.44. The summed E-state index contributed by atoms with van der Waals surface area (Å²) in [5, 5.41) is 17.6. The Morgan fingerprint density at radius 3 is 2.62 bits per heavy atom. The monoisotopic (exact) mass is 480 g/mol. The van der Waals surface area contributed by atoms with Crippen molar-refractivity contribution in [3.8, 4) is 5.88 Å². The maximum absolute atomic E-state index is 11.0. The molecule has 2 aliphatic rings. The van der Waals surface area contributed by atoms with Crippen molar-refractivity contribution in [2.75, 3.05) is 12.9 Å². The first-order valence-corrected chi connectivity index (χ1v) is 13.6. The molecule has 1 aliphatic carbocycles. The number of hydrogen-bond acceptors (Lipinski definition) is 6. The number of aryl methyl sites for hydroxylation is 1. The second-order valence-electron chi connectivity index (χ2n) is 11.0. The Balaban J connectivity index is 1.66. The van der Waals surface area contributed by atoms with Gasteiger partial charge in [-0.15, -0.1) is 0 Å². The molecule has 5 rings (SSSR count). The van der Waals surface area contributed by atoms with Crippen LogP contribution in [-0.2, 0) is 11.2 Å². The number of fused-ring (bicyclic) bond motifs is 2. The SMILES string of the molecule is CSc1nc(O)c2c(n1)CC(c1c(C)ccc3c1cnn3C1CCCCO1)C(C)C2C(C)(C)C. The molecule has 4 unspecified atom stereocenters. The van der Waals surface area contributed by atoms with Crippen LogP contribution in [0.25, 0.3) is 10.9 Å². The molecule has 0 radical (unpaired) electrons. The first-order valence-electron chi connectivity index (χ1n) is 12.4. The highest BCUT2D eigenvalue weighted by molar-refractivity contribution is 7.98. The molecule has 1 N–H and O–H groups in total. The largest absolute Gasteiger partial charge is 0.493 e. The molecule has 0 spiro atoms. The van der Waals surface area contributed by atoms with E-state index in [1.807, 2.05) is 12.5 Å². The Kier molecular flexibility index (Phi) is 6.13. The topological polar surface area (TPSA) is 73.1 Å². The molecule has 2 aromatic heterocycles. The summed E-state index contributed by atoms with van der Waals surface area (Å²) in [6.07, 6.45) is 8.11. The zero-order chi connectivity index (χ0) is 24.2. The van der Waals surface area contributed by atoms with Crippen LogP contribution in [-0.4, -0.2) is 37.7 Å². The number of ether oxygens (including phenoxy) is 1. The molecule has 1 aromatic carbocycles. The van der Waals surface area contributed by atoms with Crippen LogP contribution in [0, 0.1) is 18.3 Å². The highest BCUT2D eigenvalue weighted by Crippen LogP contribution is 2.54. The zero-order valence-corrected chi connectivity index (χ0v) is 21.9. The van der Waals surface area contributed by atoms with Gasteiger partial charge >= 0.3 is 0 Å². The van der Waals surface area contributed by atoms with Crippen molar-refractivity contribution in [1.82, 2.24) is 19.7 Å². The minimum atomic E-state index is -0.0452. The molecular weight excluding hydrogens is 444 g/mol. The highest BCUT2D eigenvalue weighted by atomic mass is 32.2. The summed E-state index contributed by atoms with van der Waals surface area (Å²) in [5.74, 6) is 0.871. The number of hydrogen-bond donors (Lipinski definition) is 1. The predicted octanol–water partition coefficient (Wildman–Crippen LogP) is 6.37. The molecule has 1 aliphatic heterocycles. The Labute approximate surface area is 206 Å². The van der Waals surface area contributed by atoms with Crippen LogP contribution in [0.3, 0.4) is 0 Å². The van der Waals surface area contributed by atoms with Gasteiger partial charge in [0.25, 0.3) is 0 Å². The van der Waals surface area contributed by atoms with Crippen molar-refractivity contribution in [1.29, 1.82) is 0 Å². The predicted molar refractivity (Wildman–Crippen MR) is 137 cm³/mol. The standard InChI is InChI=1S/C27H36N4O2S/c1-15-10-11-20-18(14-28-31(20)21-9-7-8-12-33-21)22(15)17-13-19-23(24(16(17)2)27(3,4)5)25(32)30-26(29-19)34-6/h10-11,14,16-17,21,24H,7-9,12-13H2,1-6H3,(H,29,30,32). The second kappa shape index (κ2) is 8.83. The molecule has 4 atom stereocenters. The van der Waals surface area contributed by atoms with Gasteiger partial charge in [0.2, 0.25) is 5.88 Å².